The number of nitrogens with zero attached hydrogens (tertiary/aromatic N) is 1. The molecule has 146 valence electrons. The number of aromatic hydroxyl groups is 1. The van der Waals surface area contributed by atoms with Crippen molar-refractivity contribution in [3.63, 3.8) is 0 Å². The average Bonchev–Trinajstić information content (AvgIpc) is 2.65. The molecule has 0 bridgehead atoms. The topological polar surface area (TPSA) is 64.6 Å². The summed E-state index contributed by atoms with van der Waals surface area (Å²) in [7, 11) is 2.21. The summed E-state index contributed by atoms with van der Waals surface area (Å²) < 4.78 is 0. The van der Waals surface area contributed by atoms with E-state index in [2.05, 4.69) is 22.6 Å². The summed E-state index contributed by atoms with van der Waals surface area (Å²) in [6.45, 7) is 3.78. The molecule has 0 aromatic heterocycles. The van der Waals surface area contributed by atoms with Crippen molar-refractivity contribution in [2.45, 2.75) is 70.4 Å². The lowest BCUT2D eigenvalue weighted by Gasteiger charge is -2.31. The summed E-state index contributed by atoms with van der Waals surface area (Å²) in [6, 6.07) is 8.01. The number of hydrogen-bond acceptors (Lipinski definition) is 3. The van der Waals surface area contributed by atoms with Crippen LogP contribution in [0.15, 0.2) is 24.3 Å². The summed E-state index contributed by atoms with van der Waals surface area (Å²) in [5, 5.41) is 15.3. The van der Waals surface area contributed by atoms with Gasteiger partial charge in [-0.1, -0.05) is 31.4 Å². The SMILES string of the molecule is CC(CCc1ccc(O)cc1)NC(=O)NCCCN(C)C1CCCCC1. The van der Waals surface area contributed by atoms with Crippen LogP contribution in [0.1, 0.15) is 57.4 Å². The van der Waals surface area contributed by atoms with Gasteiger partial charge in [0.25, 0.3) is 0 Å². The number of carbonyl (C=O) groups excluding carboxylic acids is 1. The van der Waals surface area contributed by atoms with Crippen LogP contribution in [-0.4, -0.2) is 48.3 Å². The van der Waals surface area contributed by atoms with Gasteiger partial charge < -0.3 is 20.6 Å². The molecular weight excluding hydrogens is 326 g/mol. The van der Waals surface area contributed by atoms with Gasteiger partial charge in [-0.15, -0.1) is 0 Å². The zero-order chi connectivity index (χ0) is 18.8. The van der Waals surface area contributed by atoms with Crippen molar-refractivity contribution in [1.29, 1.82) is 0 Å². The molecule has 26 heavy (non-hydrogen) atoms. The maximum absolute atomic E-state index is 12.0. The van der Waals surface area contributed by atoms with Gasteiger partial charge in [-0.2, -0.15) is 0 Å². The Morgan fingerprint density at radius 2 is 1.92 bits per heavy atom. The highest BCUT2D eigenvalue weighted by Gasteiger charge is 2.17. The molecular formula is C21H35N3O2. The van der Waals surface area contributed by atoms with Gasteiger partial charge in [0.2, 0.25) is 0 Å². The van der Waals surface area contributed by atoms with Gasteiger partial charge >= 0.3 is 6.03 Å². The van der Waals surface area contributed by atoms with Gasteiger partial charge in [-0.05, 0) is 70.3 Å². The Bertz CT molecular complexity index is 527. The highest BCUT2D eigenvalue weighted by molar-refractivity contribution is 5.74. The van der Waals surface area contributed by atoms with E-state index in [9.17, 15) is 9.90 Å². The number of nitrogens with one attached hydrogen (secondary N) is 2. The lowest BCUT2D eigenvalue weighted by atomic mass is 9.94. The molecule has 5 heteroatoms. The van der Waals surface area contributed by atoms with Crippen LogP contribution < -0.4 is 10.6 Å². The first-order valence-corrected chi connectivity index (χ1v) is 10.1. The second kappa shape index (κ2) is 11.1. The van der Waals surface area contributed by atoms with Crippen molar-refractivity contribution < 1.29 is 9.90 Å². The van der Waals surface area contributed by atoms with E-state index in [-0.39, 0.29) is 17.8 Å². The fourth-order valence-corrected chi connectivity index (χ4v) is 3.63. The van der Waals surface area contributed by atoms with E-state index in [4.69, 9.17) is 0 Å². The van der Waals surface area contributed by atoms with Gasteiger partial charge in [0.15, 0.2) is 0 Å². The quantitative estimate of drug-likeness (QED) is 0.588. The number of rotatable bonds is 9. The lowest BCUT2D eigenvalue weighted by molar-refractivity contribution is 0.189. The Kier molecular flexibility index (Phi) is 8.75. The third-order valence-corrected chi connectivity index (χ3v) is 5.35. The zero-order valence-corrected chi connectivity index (χ0v) is 16.3. The highest BCUT2D eigenvalue weighted by atomic mass is 16.3. The standard InChI is InChI=1S/C21H35N3O2/c1-17(9-10-18-11-13-20(25)14-12-18)23-21(26)22-15-6-16-24(2)19-7-4-3-5-8-19/h11-14,17,19,25H,3-10,15-16H2,1-2H3,(H2,22,23,26). The highest BCUT2D eigenvalue weighted by Crippen LogP contribution is 2.21. The van der Waals surface area contributed by atoms with E-state index in [0.717, 1.165) is 31.8 Å². The van der Waals surface area contributed by atoms with Crippen LogP contribution in [0.25, 0.3) is 0 Å². The van der Waals surface area contributed by atoms with Crippen molar-refractivity contribution in [1.82, 2.24) is 15.5 Å². The number of phenolic OH excluding ortho intramolecular Hbond substituents is 1. The van der Waals surface area contributed by atoms with E-state index < -0.39 is 0 Å². The summed E-state index contributed by atoms with van der Waals surface area (Å²) in [5.41, 5.74) is 1.17. The van der Waals surface area contributed by atoms with Gasteiger partial charge in [0.05, 0.1) is 0 Å². The average molecular weight is 362 g/mol. The normalized spacial score (nSPS) is 16.4. The third kappa shape index (κ3) is 7.65. The number of carbonyl (C=O) groups is 1. The van der Waals surface area contributed by atoms with Gasteiger partial charge in [-0.25, -0.2) is 4.79 Å². The maximum atomic E-state index is 12.0. The number of benzene rings is 1. The van der Waals surface area contributed by atoms with E-state index in [1.807, 2.05) is 19.1 Å². The Labute approximate surface area is 158 Å². The molecule has 2 amide bonds. The molecule has 1 atom stereocenters. The molecule has 0 radical (unpaired) electrons. The predicted molar refractivity (Wildman–Crippen MR) is 107 cm³/mol. The van der Waals surface area contributed by atoms with E-state index in [1.54, 1.807) is 12.1 Å². The van der Waals surface area contributed by atoms with Gasteiger partial charge in [0, 0.05) is 18.6 Å². The Morgan fingerprint density at radius 1 is 1.23 bits per heavy atom. The van der Waals surface area contributed by atoms with E-state index in [0.29, 0.717) is 6.54 Å². The Balaban J connectivity index is 1.54. The molecule has 1 unspecified atom stereocenters. The summed E-state index contributed by atoms with van der Waals surface area (Å²) in [4.78, 5) is 14.4. The molecule has 0 aliphatic heterocycles. The fourth-order valence-electron chi connectivity index (χ4n) is 3.63. The Hall–Kier alpha value is -1.75. The van der Waals surface area contributed by atoms with E-state index >= 15 is 0 Å². The largest absolute Gasteiger partial charge is 0.508 e. The Morgan fingerprint density at radius 3 is 2.62 bits per heavy atom. The van der Waals surface area contributed by atoms with Crippen molar-refractivity contribution in [2.75, 3.05) is 20.1 Å². The monoisotopic (exact) mass is 361 g/mol. The van der Waals surface area contributed by atoms with Gasteiger partial charge in [0.1, 0.15) is 5.75 Å². The summed E-state index contributed by atoms with van der Waals surface area (Å²) >= 11 is 0. The first-order chi connectivity index (χ1) is 12.5. The molecule has 3 N–H and O–H groups in total. The minimum absolute atomic E-state index is 0.0801. The molecule has 1 aliphatic rings. The van der Waals surface area contributed by atoms with Crippen LogP contribution >= 0.6 is 0 Å². The lowest BCUT2D eigenvalue weighted by Crippen LogP contribution is -2.42. The van der Waals surface area contributed by atoms with Gasteiger partial charge in [-0.3, -0.25) is 0 Å². The molecule has 2 rings (SSSR count). The van der Waals surface area contributed by atoms with Crippen molar-refractivity contribution in [2.24, 2.45) is 0 Å². The number of hydrogen-bond donors (Lipinski definition) is 3. The van der Waals surface area contributed by atoms with Crippen LogP contribution in [0.5, 0.6) is 5.75 Å². The van der Waals surface area contributed by atoms with Crippen LogP contribution in [-0.2, 0) is 6.42 Å². The molecule has 1 fully saturated rings. The van der Waals surface area contributed by atoms with Crippen LogP contribution in [0.2, 0.25) is 0 Å². The molecule has 1 aromatic rings. The van der Waals surface area contributed by atoms with Crippen molar-refractivity contribution in [3.05, 3.63) is 29.8 Å². The summed E-state index contributed by atoms with van der Waals surface area (Å²) in [5.74, 6) is 0.286. The van der Waals surface area contributed by atoms with Crippen LogP contribution in [0, 0.1) is 0 Å². The second-order valence-corrected chi connectivity index (χ2v) is 7.63. The minimum atomic E-state index is -0.0801. The molecule has 1 saturated carbocycles. The van der Waals surface area contributed by atoms with Crippen LogP contribution in [0.4, 0.5) is 4.79 Å². The number of amides is 2. The predicted octanol–water partition coefficient (Wildman–Crippen LogP) is 3.67. The summed E-state index contributed by atoms with van der Waals surface area (Å²) in [6.07, 6.45) is 9.50. The zero-order valence-electron chi connectivity index (χ0n) is 16.3. The third-order valence-electron chi connectivity index (χ3n) is 5.35. The first-order valence-electron chi connectivity index (χ1n) is 10.1. The van der Waals surface area contributed by atoms with Crippen molar-refractivity contribution in [3.8, 4) is 5.75 Å². The first kappa shape index (κ1) is 20.6. The molecule has 5 nitrogen and oxygen atoms in total. The molecule has 0 saturated heterocycles. The number of aryl methyl sites for hydroxylation is 1. The number of phenols is 1. The number of urea groups is 1. The molecule has 1 aliphatic carbocycles. The minimum Gasteiger partial charge on any atom is -0.508 e. The van der Waals surface area contributed by atoms with Crippen molar-refractivity contribution >= 4 is 6.03 Å². The second-order valence-electron chi connectivity index (χ2n) is 7.63. The molecule has 0 heterocycles. The van der Waals surface area contributed by atoms with Crippen LogP contribution in [0.3, 0.4) is 0 Å². The molecule has 0 spiro atoms. The molecule has 1 aromatic carbocycles. The fraction of sp³-hybridized carbons (Fsp3) is 0.667. The maximum Gasteiger partial charge on any atom is 0.314 e. The van der Waals surface area contributed by atoms with E-state index in [1.165, 1.54) is 37.7 Å². The smallest absolute Gasteiger partial charge is 0.314 e.